The van der Waals surface area contributed by atoms with E-state index in [1.807, 2.05) is 33.7 Å². The van der Waals surface area contributed by atoms with Crippen LogP contribution in [-0.4, -0.2) is 42.1 Å². The monoisotopic (exact) mass is 376 g/mol. The number of pyridine rings is 1. The fourth-order valence-corrected chi connectivity index (χ4v) is 3.72. The summed E-state index contributed by atoms with van der Waals surface area (Å²) in [7, 11) is 0. The standard InChI is InChI=1S/C20H17FN6O/c21-14-8-6-13(7-9-14)15-12-16(23-22-15)20(28)26-11-3-4-17(26)19-25-24-18-5-1-2-10-27(18)19/h1-2,5-10,12,17H,3-4,11H2,(H,22,23)/t17-/m1/s1. The van der Waals surface area contributed by atoms with Crippen molar-refractivity contribution in [3.8, 4) is 11.3 Å². The van der Waals surface area contributed by atoms with Crippen LogP contribution in [0.4, 0.5) is 4.39 Å². The topological polar surface area (TPSA) is 79.2 Å². The number of amides is 1. The van der Waals surface area contributed by atoms with E-state index in [-0.39, 0.29) is 17.8 Å². The van der Waals surface area contributed by atoms with Crippen molar-refractivity contribution in [1.29, 1.82) is 0 Å². The van der Waals surface area contributed by atoms with E-state index in [4.69, 9.17) is 0 Å². The Morgan fingerprint density at radius 1 is 1.14 bits per heavy atom. The molecule has 0 unspecified atom stereocenters. The van der Waals surface area contributed by atoms with Crippen LogP contribution in [0.15, 0.2) is 54.7 Å². The third-order valence-corrected chi connectivity index (χ3v) is 5.10. The maximum Gasteiger partial charge on any atom is 0.272 e. The van der Waals surface area contributed by atoms with Crippen molar-refractivity contribution in [2.45, 2.75) is 18.9 Å². The van der Waals surface area contributed by atoms with Gasteiger partial charge in [0.1, 0.15) is 11.5 Å². The maximum absolute atomic E-state index is 13.1. The van der Waals surface area contributed by atoms with Gasteiger partial charge in [-0.3, -0.25) is 14.3 Å². The number of hydrogen-bond acceptors (Lipinski definition) is 4. The molecule has 1 aliphatic heterocycles. The van der Waals surface area contributed by atoms with Crippen molar-refractivity contribution < 1.29 is 9.18 Å². The Morgan fingerprint density at radius 3 is 2.86 bits per heavy atom. The Morgan fingerprint density at radius 2 is 2.00 bits per heavy atom. The molecule has 0 spiro atoms. The molecule has 1 amide bonds. The second kappa shape index (κ2) is 6.56. The highest BCUT2D eigenvalue weighted by molar-refractivity contribution is 5.93. The smallest absolute Gasteiger partial charge is 0.272 e. The summed E-state index contributed by atoms with van der Waals surface area (Å²) in [6.45, 7) is 0.649. The van der Waals surface area contributed by atoms with E-state index in [2.05, 4.69) is 20.4 Å². The number of fused-ring (bicyclic) bond motifs is 1. The summed E-state index contributed by atoms with van der Waals surface area (Å²) in [6.07, 6.45) is 3.64. The number of aromatic nitrogens is 5. The lowest BCUT2D eigenvalue weighted by Gasteiger charge is -2.22. The van der Waals surface area contributed by atoms with E-state index in [1.54, 1.807) is 18.2 Å². The Balaban J connectivity index is 1.44. The van der Waals surface area contributed by atoms with Gasteiger partial charge >= 0.3 is 0 Å². The minimum atomic E-state index is -0.309. The van der Waals surface area contributed by atoms with Gasteiger partial charge in [0.15, 0.2) is 11.5 Å². The number of aromatic amines is 1. The first-order valence-electron chi connectivity index (χ1n) is 9.13. The Kier molecular flexibility index (Phi) is 3.89. The average molecular weight is 376 g/mol. The lowest BCUT2D eigenvalue weighted by molar-refractivity contribution is 0.0723. The summed E-state index contributed by atoms with van der Waals surface area (Å²) in [4.78, 5) is 14.9. The van der Waals surface area contributed by atoms with Gasteiger partial charge in [0.05, 0.1) is 11.7 Å². The minimum absolute atomic E-state index is 0.129. The number of H-pyrrole nitrogens is 1. The summed E-state index contributed by atoms with van der Waals surface area (Å²) in [5.74, 6) is 0.326. The summed E-state index contributed by atoms with van der Waals surface area (Å²) in [5, 5.41) is 15.6. The summed E-state index contributed by atoms with van der Waals surface area (Å²) in [6, 6.07) is 13.3. The first kappa shape index (κ1) is 16.6. The molecule has 4 aromatic rings. The molecular formula is C20H17FN6O. The van der Waals surface area contributed by atoms with Crippen LogP contribution in [0.25, 0.3) is 16.9 Å². The summed E-state index contributed by atoms with van der Waals surface area (Å²) in [5.41, 5.74) is 2.52. The molecule has 1 fully saturated rings. The Labute approximate surface area is 159 Å². The van der Waals surface area contributed by atoms with Crippen LogP contribution < -0.4 is 0 Å². The van der Waals surface area contributed by atoms with Crippen molar-refractivity contribution in [1.82, 2.24) is 29.7 Å². The first-order valence-corrected chi connectivity index (χ1v) is 9.13. The second-order valence-corrected chi connectivity index (χ2v) is 6.82. The van der Waals surface area contributed by atoms with E-state index >= 15 is 0 Å². The molecule has 8 heteroatoms. The van der Waals surface area contributed by atoms with Gasteiger partial charge in [0.25, 0.3) is 5.91 Å². The van der Waals surface area contributed by atoms with E-state index in [1.165, 1.54) is 12.1 Å². The van der Waals surface area contributed by atoms with Gasteiger partial charge in [-0.05, 0) is 55.3 Å². The quantitative estimate of drug-likeness (QED) is 0.595. The van der Waals surface area contributed by atoms with Crippen molar-refractivity contribution in [2.75, 3.05) is 6.54 Å². The van der Waals surface area contributed by atoms with E-state index in [9.17, 15) is 9.18 Å². The Bertz CT molecular complexity index is 1150. The van der Waals surface area contributed by atoms with E-state index < -0.39 is 0 Å². The molecule has 1 atom stereocenters. The largest absolute Gasteiger partial charge is 0.327 e. The van der Waals surface area contributed by atoms with Gasteiger partial charge in [0, 0.05) is 18.3 Å². The van der Waals surface area contributed by atoms with Crippen LogP contribution >= 0.6 is 0 Å². The minimum Gasteiger partial charge on any atom is -0.327 e. The zero-order chi connectivity index (χ0) is 19.1. The molecule has 7 nitrogen and oxygen atoms in total. The SMILES string of the molecule is O=C(c1cc(-c2ccc(F)cc2)n[nH]1)N1CCC[C@@H]1c1nnc2ccccn12. The molecule has 1 N–H and O–H groups in total. The highest BCUT2D eigenvalue weighted by Gasteiger charge is 2.34. The highest BCUT2D eigenvalue weighted by Crippen LogP contribution is 2.32. The van der Waals surface area contributed by atoms with Crippen LogP contribution in [0, 0.1) is 5.82 Å². The fraction of sp³-hybridized carbons (Fsp3) is 0.200. The molecule has 0 saturated carbocycles. The Hall–Kier alpha value is -3.55. The first-order chi connectivity index (χ1) is 13.7. The second-order valence-electron chi connectivity index (χ2n) is 6.82. The third-order valence-electron chi connectivity index (χ3n) is 5.10. The number of nitrogens with one attached hydrogen (secondary N) is 1. The highest BCUT2D eigenvalue weighted by atomic mass is 19.1. The maximum atomic E-state index is 13.1. The molecule has 140 valence electrons. The molecule has 1 aromatic carbocycles. The van der Waals surface area contributed by atoms with Crippen LogP contribution in [0.2, 0.25) is 0 Å². The molecule has 1 saturated heterocycles. The fourth-order valence-electron chi connectivity index (χ4n) is 3.72. The van der Waals surface area contributed by atoms with E-state index in [0.29, 0.717) is 17.9 Å². The lowest BCUT2D eigenvalue weighted by atomic mass is 10.1. The average Bonchev–Trinajstić information content (AvgIpc) is 3.46. The number of benzene rings is 1. The van der Waals surface area contributed by atoms with Gasteiger partial charge in [-0.25, -0.2) is 4.39 Å². The van der Waals surface area contributed by atoms with Crippen molar-refractivity contribution in [3.63, 3.8) is 0 Å². The zero-order valence-corrected chi connectivity index (χ0v) is 14.9. The van der Waals surface area contributed by atoms with Crippen molar-refractivity contribution >= 4 is 11.6 Å². The normalized spacial score (nSPS) is 16.8. The molecule has 0 aliphatic carbocycles. The number of carbonyl (C=O) groups is 1. The summed E-state index contributed by atoms with van der Waals surface area (Å²) >= 11 is 0. The van der Waals surface area contributed by atoms with Crippen molar-refractivity contribution in [3.05, 3.63) is 72.1 Å². The van der Waals surface area contributed by atoms with Gasteiger partial charge in [-0.2, -0.15) is 5.10 Å². The predicted molar refractivity (Wildman–Crippen MR) is 100.0 cm³/mol. The van der Waals surface area contributed by atoms with Crippen LogP contribution in [-0.2, 0) is 0 Å². The molecule has 4 heterocycles. The number of halogens is 1. The molecule has 0 bridgehead atoms. The molecule has 3 aromatic heterocycles. The molecule has 1 aliphatic rings. The lowest BCUT2D eigenvalue weighted by Crippen LogP contribution is -2.31. The van der Waals surface area contributed by atoms with Gasteiger partial charge in [0.2, 0.25) is 0 Å². The van der Waals surface area contributed by atoms with Crippen molar-refractivity contribution in [2.24, 2.45) is 0 Å². The van der Waals surface area contributed by atoms with Crippen LogP contribution in [0.3, 0.4) is 0 Å². The van der Waals surface area contributed by atoms with Crippen LogP contribution in [0.1, 0.15) is 35.2 Å². The molecular weight excluding hydrogens is 359 g/mol. The number of hydrogen-bond donors (Lipinski definition) is 1. The van der Waals surface area contributed by atoms with E-state index in [0.717, 1.165) is 29.9 Å². The molecule has 0 radical (unpaired) electrons. The molecule has 28 heavy (non-hydrogen) atoms. The third kappa shape index (κ3) is 2.74. The van der Waals surface area contributed by atoms with Gasteiger partial charge < -0.3 is 4.90 Å². The number of nitrogens with zero attached hydrogens (tertiary/aromatic N) is 5. The van der Waals surface area contributed by atoms with Crippen LogP contribution in [0.5, 0.6) is 0 Å². The van der Waals surface area contributed by atoms with Gasteiger partial charge in [-0.15, -0.1) is 10.2 Å². The number of likely N-dealkylation sites (tertiary alicyclic amines) is 1. The number of carbonyl (C=O) groups excluding carboxylic acids is 1. The van der Waals surface area contributed by atoms with Gasteiger partial charge in [-0.1, -0.05) is 6.07 Å². The summed E-state index contributed by atoms with van der Waals surface area (Å²) < 4.78 is 15.1. The number of rotatable bonds is 3. The predicted octanol–water partition coefficient (Wildman–Crippen LogP) is 3.24. The molecule has 5 rings (SSSR count). The zero-order valence-electron chi connectivity index (χ0n) is 14.9.